The molecule has 1 heterocycles. The molecule has 1 saturated heterocycles. The minimum Gasteiger partial charge on any atom is -0.314 e. The summed E-state index contributed by atoms with van der Waals surface area (Å²) in [6, 6.07) is 0. The standard InChI is InChI=1S/C4H9Cl2N2P/c5-9(6)8-3-1-7-2-4-8/h7H,1-4H2. The van der Waals surface area contributed by atoms with Crippen LogP contribution in [0.1, 0.15) is 0 Å². The van der Waals surface area contributed by atoms with Gasteiger partial charge < -0.3 is 5.32 Å². The van der Waals surface area contributed by atoms with Gasteiger partial charge in [-0.1, -0.05) is 22.5 Å². The van der Waals surface area contributed by atoms with Crippen LogP contribution in [0.4, 0.5) is 0 Å². The third kappa shape index (κ3) is 2.57. The van der Waals surface area contributed by atoms with Crippen molar-refractivity contribution in [3.05, 3.63) is 0 Å². The van der Waals surface area contributed by atoms with Crippen LogP contribution in [0.2, 0.25) is 0 Å². The first-order valence-electron chi connectivity index (χ1n) is 2.88. The Kier molecular flexibility index (Phi) is 3.52. The molecule has 1 aliphatic heterocycles. The van der Waals surface area contributed by atoms with Gasteiger partial charge in [0.15, 0.2) is 6.78 Å². The zero-order chi connectivity index (χ0) is 6.69. The lowest BCUT2D eigenvalue weighted by atomic mass is 10.4. The highest BCUT2D eigenvalue weighted by molar-refractivity contribution is 8.02. The summed E-state index contributed by atoms with van der Waals surface area (Å²) in [7, 11) is 0. The van der Waals surface area contributed by atoms with Crippen LogP contribution in [0.3, 0.4) is 0 Å². The lowest BCUT2D eigenvalue weighted by molar-refractivity contribution is 0.392. The molecule has 5 heteroatoms. The van der Waals surface area contributed by atoms with Crippen LogP contribution in [-0.4, -0.2) is 30.8 Å². The zero-order valence-electron chi connectivity index (χ0n) is 4.98. The van der Waals surface area contributed by atoms with E-state index in [-0.39, 0.29) is 0 Å². The molecular formula is C4H9Cl2N2P. The van der Waals surface area contributed by atoms with Crippen molar-refractivity contribution in [2.24, 2.45) is 0 Å². The summed E-state index contributed by atoms with van der Waals surface area (Å²) in [5, 5.41) is 3.22. The summed E-state index contributed by atoms with van der Waals surface area (Å²) in [6.07, 6.45) is 0. The summed E-state index contributed by atoms with van der Waals surface area (Å²) in [5.74, 6) is 0. The summed E-state index contributed by atoms with van der Waals surface area (Å²) >= 11 is 11.4. The molecule has 0 unspecified atom stereocenters. The molecule has 0 amide bonds. The first-order valence-corrected chi connectivity index (χ1v) is 5.98. The van der Waals surface area contributed by atoms with Crippen molar-refractivity contribution in [3.8, 4) is 0 Å². The van der Waals surface area contributed by atoms with E-state index < -0.39 is 6.78 Å². The van der Waals surface area contributed by atoms with Crippen LogP contribution in [0.15, 0.2) is 0 Å². The lowest BCUT2D eigenvalue weighted by Gasteiger charge is -2.26. The van der Waals surface area contributed by atoms with Crippen molar-refractivity contribution in [1.82, 2.24) is 9.99 Å². The molecule has 0 aliphatic carbocycles. The molecule has 1 aliphatic rings. The summed E-state index contributed by atoms with van der Waals surface area (Å²) in [4.78, 5) is 0. The third-order valence-electron chi connectivity index (χ3n) is 1.31. The highest BCUT2D eigenvalue weighted by Crippen LogP contribution is 2.50. The van der Waals surface area contributed by atoms with Crippen molar-refractivity contribution < 1.29 is 0 Å². The molecule has 2 nitrogen and oxygen atoms in total. The minimum absolute atomic E-state index is 0.881. The molecule has 1 fully saturated rings. The average Bonchev–Trinajstić information content (AvgIpc) is 1.90. The highest BCUT2D eigenvalue weighted by Gasteiger charge is 2.15. The predicted molar refractivity (Wildman–Crippen MR) is 43.1 cm³/mol. The number of nitrogens with zero attached hydrogens (tertiary/aromatic N) is 1. The topological polar surface area (TPSA) is 15.3 Å². The normalized spacial score (nSPS) is 23.0. The van der Waals surface area contributed by atoms with Crippen LogP contribution >= 0.6 is 29.3 Å². The first kappa shape index (κ1) is 8.03. The molecular weight excluding hydrogens is 178 g/mol. The van der Waals surface area contributed by atoms with Crippen LogP contribution < -0.4 is 5.32 Å². The minimum atomic E-state index is -0.881. The van der Waals surface area contributed by atoms with E-state index >= 15 is 0 Å². The number of rotatable bonds is 1. The van der Waals surface area contributed by atoms with Crippen molar-refractivity contribution in [2.45, 2.75) is 0 Å². The van der Waals surface area contributed by atoms with Gasteiger partial charge in [-0.15, -0.1) is 0 Å². The first-order chi connectivity index (χ1) is 4.30. The second kappa shape index (κ2) is 3.95. The van der Waals surface area contributed by atoms with Crippen molar-refractivity contribution in [3.63, 3.8) is 0 Å². The molecule has 0 aromatic rings. The van der Waals surface area contributed by atoms with Gasteiger partial charge in [0.05, 0.1) is 0 Å². The number of piperazine rings is 1. The number of hydrogen-bond donors (Lipinski definition) is 1. The fourth-order valence-corrected chi connectivity index (χ4v) is 2.21. The fourth-order valence-electron chi connectivity index (χ4n) is 0.804. The summed E-state index contributed by atoms with van der Waals surface area (Å²) < 4.78 is 2.09. The maximum atomic E-state index is 5.68. The molecule has 0 radical (unpaired) electrons. The quantitative estimate of drug-likeness (QED) is 0.627. The summed E-state index contributed by atoms with van der Waals surface area (Å²) in [6.45, 7) is 3.11. The number of nitrogens with one attached hydrogen (secondary N) is 1. The van der Waals surface area contributed by atoms with Crippen molar-refractivity contribution in [1.29, 1.82) is 0 Å². The Morgan fingerprint density at radius 2 is 1.78 bits per heavy atom. The van der Waals surface area contributed by atoms with E-state index in [9.17, 15) is 0 Å². The van der Waals surface area contributed by atoms with Gasteiger partial charge in [0.2, 0.25) is 0 Å². The highest BCUT2D eigenvalue weighted by atomic mass is 35.9. The predicted octanol–water partition coefficient (Wildman–Crippen LogP) is 1.60. The van der Waals surface area contributed by atoms with Gasteiger partial charge in [-0.3, -0.25) is 4.67 Å². The van der Waals surface area contributed by atoms with Gasteiger partial charge in [-0.25, -0.2) is 0 Å². The van der Waals surface area contributed by atoms with E-state index in [4.69, 9.17) is 22.5 Å². The Labute approximate surface area is 65.9 Å². The summed E-state index contributed by atoms with van der Waals surface area (Å²) in [5.41, 5.74) is 0. The van der Waals surface area contributed by atoms with E-state index in [1.54, 1.807) is 0 Å². The van der Waals surface area contributed by atoms with E-state index in [0.29, 0.717) is 0 Å². The second-order valence-electron chi connectivity index (χ2n) is 1.92. The van der Waals surface area contributed by atoms with Gasteiger partial charge in [-0.2, -0.15) is 0 Å². The number of halogens is 2. The Bertz CT molecular complexity index is 84.6. The Morgan fingerprint density at radius 3 is 2.11 bits per heavy atom. The van der Waals surface area contributed by atoms with Crippen molar-refractivity contribution >= 4 is 29.3 Å². The molecule has 0 aromatic carbocycles. The van der Waals surface area contributed by atoms with Gasteiger partial charge in [-0.05, 0) is 0 Å². The second-order valence-corrected chi connectivity index (χ2v) is 5.35. The SMILES string of the molecule is ClP(Cl)N1CCNCC1. The van der Waals surface area contributed by atoms with E-state index in [2.05, 4.69) is 9.99 Å². The monoisotopic (exact) mass is 186 g/mol. The zero-order valence-corrected chi connectivity index (χ0v) is 7.39. The Morgan fingerprint density at radius 1 is 1.22 bits per heavy atom. The Balaban J connectivity index is 2.23. The van der Waals surface area contributed by atoms with Gasteiger partial charge >= 0.3 is 0 Å². The largest absolute Gasteiger partial charge is 0.314 e. The van der Waals surface area contributed by atoms with Gasteiger partial charge in [0.25, 0.3) is 0 Å². The lowest BCUT2D eigenvalue weighted by Crippen LogP contribution is -2.39. The molecule has 0 bridgehead atoms. The molecule has 0 atom stereocenters. The third-order valence-corrected chi connectivity index (χ3v) is 3.42. The molecule has 0 aromatic heterocycles. The van der Waals surface area contributed by atoms with E-state index in [0.717, 1.165) is 26.2 Å². The average molecular weight is 187 g/mol. The van der Waals surface area contributed by atoms with Crippen LogP contribution in [0.5, 0.6) is 0 Å². The molecule has 1 rings (SSSR count). The maximum absolute atomic E-state index is 5.68. The van der Waals surface area contributed by atoms with E-state index in [1.807, 2.05) is 0 Å². The molecule has 9 heavy (non-hydrogen) atoms. The number of hydrogen-bond acceptors (Lipinski definition) is 2. The Hall–Kier alpha value is 0.930. The van der Waals surface area contributed by atoms with Gasteiger partial charge in [0, 0.05) is 26.2 Å². The van der Waals surface area contributed by atoms with Crippen LogP contribution in [-0.2, 0) is 0 Å². The van der Waals surface area contributed by atoms with Crippen LogP contribution in [0.25, 0.3) is 0 Å². The molecule has 1 N–H and O–H groups in total. The van der Waals surface area contributed by atoms with Crippen molar-refractivity contribution in [2.75, 3.05) is 26.2 Å². The van der Waals surface area contributed by atoms with E-state index in [1.165, 1.54) is 0 Å². The molecule has 54 valence electrons. The molecule has 0 saturated carbocycles. The fraction of sp³-hybridized carbons (Fsp3) is 1.00. The smallest absolute Gasteiger partial charge is 0.159 e. The maximum Gasteiger partial charge on any atom is 0.159 e. The molecule has 0 spiro atoms. The van der Waals surface area contributed by atoms with Gasteiger partial charge in [0.1, 0.15) is 0 Å². The van der Waals surface area contributed by atoms with Crippen LogP contribution in [0, 0.1) is 0 Å².